The molecule has 2 fully saturated rings. The highest BCUT2D eigenvalue weighted by molar-refractivity contribution is 7.98. The second kappa shape index (κ2) is 8.15. The Morgan fingerprint density at radius 2 is 1.97 bits per heavy atom. The van der Waals surface area contributed by atoms with Crippen molar-refractivity contribution in [3.05, 3.63) is 23.7 Å². The number of pyridine rings is 1. The van der Waals surface area contributed by atoms with E-state index in [0.29, 0.717) is 17.4 Å². The molecular formula is C22H25N5O4S2. The largest absolute Gasteiger partial charge is 0.481 e. The number of aliphatic carboxylic acids is 1. The summed E-state index contributed by atoms with van der Waals surface area (Å²) < 4.78 is 13.1. The topological polar surface area (TPSA) is 119 Å². The molecule has 4 heterocycles. The van der Waals surface area contributed by atoms with Crippen LogP contribution in [0, 0.1) is 19.8 Å². The first-order chi connectivity index (χ1) is 15.7. The van der Waals surface area contributed by atoms with Crippen LogP contribution < -0.4 is 5.32 Å². The maximum Gasteiger partial charge on any atom is 0.309 e. The van der Waals surface area contributed by atoms with Crippen LogP contribution in [0.4, 0.5) is 5.82 Å². The molecule has 1 saturated heterocycles. The molecule has 2 N–H and O–H groups in total. The zero-order valence-corrected chi connectivity index (χ0v) is 20.6. The smallest absolute Gasteiger partial charge is 0.309 e. The molecule has 0 aromatic carbocycles. The molecule has 3 aromatic heterocycles. The third kappa shape index (κ3) is 3.96. The minimum absolute atomic E-state index is 0.279. The average molecular weight is 488 g/mol. The molecule has 2 aliphatic rings. The van der Waals surface area contributed by atoms with Crippen molar-refractivity contribution in [3.8, 4) is 10.6 Å². The molecule has 5 rings (SSSR count). The van der Waals surface area contributed by atoms with Gasteiger partial charge < -0.3 is 19.9 Å². The molecule has 11 heteroatoms. The lowest BCUT2D eigenvalue weighted by Crippen LogP contribution is -2.35. The van der Waals surface area contributed by atoms with Crippen LogP contribution in [0.5, 0.6) is 0 Å². The van der Waals surface area contributed by atoms with Crippen molar-refractivity contribution in [3.63, 3.8) is 0 Å². The fraction of sp³-hybridized carbons (Fsp3) is 0.500. The second-order valence-electron chi connectivity index (χ2n) is 8.78. The molecule has 4 atom stereocenters. The lowest BCUT2D eigenvalue weighted by Gasteiger charge is -2.24. The van der Waals surface area contributed by atoms with Gasteiger partial charge in [0, 0.05) is 6.20 Å². The predicted molar refractivity (Wildman–Crippen MR) is 127 cm³/mol. The number of anilines is 1. The van der Waals surface area contributed by atoms with Gasteiger partial charge in [0.05, 0.1) is 33.6 Å². The third-order valence-electron chi connectivity index (χ3n) is 6.06. The lowest BCUT2D eigenvalue weighted by molar-refractivity contribution is -0.165. The second-order valence-corrected chi connectivity index (χ2v) is 10.6. The van der Waals surface area contributed by atoms with Gasteiger partial charge in [0.25, 0.3) is 0 Å². The molecule has 0 bridgehead atoms. The highest BCUT2D eigenvalue weighted by Gasteiger charge is 2.56. The summed E-state index contributed by atoms with van der Waals surface area (Å²) in [7, 11) is 0. The number of thioether (sulfide) groups is 1. The molecule has 0 unspecified atom stereocenters. The summed E-state index contributed by atoms with van der Waals surface area (Å²) >= 11 is 3.01. The van der Waals surface area contributed by atoms with Crippen LogP contribution in [-0.2, 0) is 14.3 Å². The number of carbonyl (C=O) groups is 1. The molecule has 33 heavy (non-hydrogen) atoms. The van der Waals surface area contributed by atoms with Crippen LogP contribution in [0.3, 0.4) is 0 Å². The van der Waals surface area contributed by atoms with Crippen molar-refractivity contribution in [1.82, 2.24) is 19.9 Å². The Kier molecular flexibility index (Phi) is 5.55. The van der Waals surface area contributed by atoms with E-state index in [-0.39, 0.29) is 6.04 Å². The molecule has 9 nitrogen and oxygen atoms in total. The Bertz CT molecular complexity index is 1250. The maximum atomic E-state index is 11.9. The molecule has 1 saturated carbocycles. The summed E-state index contributed by atoms with van der Waals surface area (Å²) in [6.45, 7) is 7.50. The highest BCUT2D eigenvalue weighted by atomic mass is 32.2. The first-order valence-corrected chi connectivity index (χ1v) is 12.7. The number of nitrogens with one attached hydrogen (secondary N) is 1. The van der Waals surface area contributed by atoms with Gasteiger partial charge in [-0.05, 0) is 46.4 Å². The number of nitrogens with zero attached hydrogens (tertiary/aromatic N) is 4. The minimum atomic E-state index is -0.881. The molecule has 0 amide bonds. The number of ether oxygens (including phenoxy) is 2. The van der Waals surface area contributed by atoms with Gasteiger partial charge >= 0.3 is 5.97 Å². The quantitative estimate of drug-likeness (QED) is 0.405. The SMILES string of the molecule is CSc1nc(C)c(-c2nc3c(C)nccc3s2)c(N[C@@H]2C[C@H](C(=O)O)[C@H]3OC(C)(C)O[C@H]32)n1. The van der Waals surface area contributed by atoms with Crippen LogP contribution in [0.2, 0.25) is 0 Å². The summed E-state index contributed by atoms with van der Waals surface area (Å²) in [5, 5.41) is 14.7. The van der Waals surface area contributed by atoms with E-state index in [1.165, 1.54) is 11.8 Å². The molecule has 1 aliphatic heterocycles. The minimum Gasteiger partial charge on any atom is -0.481 e. The summed E-state index contributed by atoms with van der Waals surface area (Å²) in [6.07, 6.45) is 3.16. The zero-order chi connectivity index (χ0) is 23.5. The van der Waals surface area contributed by atoms with Crippen LogP contribution in [0.1, 0.15) is 31.7 Å². The van der Waals surface area contributed by atoms with Crippen molar-refractivity contribution < 1.29 is 19.4 Å². The lowest BCUT2D eigenvalue weighted by atomic mass is 10.1. The average Bonchev–Trinajstić information content (AvgIpc) is 3.39. The Labute approximate surface area is 199 Å². The van der Waals surface area contributed by atoms with Crippen molar-refractivity contribution in [2.24, 2.45) is 5.92 Å². The normalized spacial score (nSPS) is 26.0. The molecule has 174 valence electrons. The van der Waals surface area contributed by atoms with E-state index >= 15 is 0 Å². The van der Waals surface area contributed by atoms with Gasteiger partial charge in [0.15, 0.2) is 10.9 Å². The third-order valence-corrected chi connectivity index (χ3v) is 7.65. The van der Waals surface area contributed by atoms with Crippen molar-refractivity contribution in [1.29, 1.82) is 0 Å². The summed E-state index contributed by atoms with van der Waals surface area (Å²) in [5.74, 6) is -1.75. The van der Waals surface area contributed by atoms with Crippen LogP contribution in [0.25, 0.3) is 20.8 Å². The van der Waals surface area contributed by atoms with Gasteiger partial charge in [0.1, 0.15) is 28.6 Å². The van der Waals surface area contributed by atoms with Crippen LogP contribution in [-0.4, -0.2) is 61.3 Å². The maximum absolute atomic E-state index is 11.9. The Hall–Kier alpha value is -2.34. The van der Waals surface area contributed by atoms with E-state index in [1.54, 1.807) is 17.5 Å². The predicted octanol–water partition coefficient (Wildman–Crippen LogP) is 3.89. The van der Waals surface area contributed by atoms with Gasteiger partial charge in [-0.2, -0.15) is 0 Å². The summed E-state index contributed by atoms with van der Waals surface area (Å²) in [4.78, 5) is 30.5. The van der Waals surface area contributed by atoms with Crippen molar-refractivity contribution >= 4 is 45.1 Å². The fourth-order valence-corrected chi connectivity index (χ4v) is 6.15. The Morgan fingerprint density at radius 3 is 2.67 bits per heavy atom. The van der Waals surface area contributed by atoms with Gasteiger partial charge in [-0.15, -0.1) is 11.3 Å². The van der Waals surface area contributed by atoms with Gasteiger partial charge in [-0.3, -0.25) is 9.78 Å². The molecule has 0 spiro atoms. The van der Waals surface area contributed by atoms with Crippen molar-refractivity contribution in [2.45, 2.75) is 63.3 Å². The number of thiazole rings is 1. The Morgan fingerprint density at radius 1 is 1.21 bits per heavy atom. The van der Waals surface area contributed by atoms with E-state index in [1.807, 2.05) is 40.0 Å². The monoisotopic (exact) mass is 487 g/mol. The van der Waals surface area contributed by atoms with Crippen molar-refractivity contribution in [2.75, 3.05) is 11.6 Å². The van der Waals surface area contributed by atoms with E-state index < -0.39 is 29.9 Å². The first-order valence-electron chi connectivity index (χ1n) is 10.7. The van der Waals surface area contributed by atoms with Gasteiger partial charge in [0.2, 0.25) is 0 Å². The Balaban J connectivity index is 1.57. The molecule has 3 aromatic rings. The van der Waals surface area contributed by atoms with Gasteiger partial charge in [-0.1, -0.05) is 11.8 Å². The van der Waals surface area contributed by atoms with Crippen LogP contribution in [0.15, 0.2) is 17.4 Å². The van der Waals surface area contributed by atoms with E-state index in [9.17, 15) is 9.90 Å². The number of rotatable bonds is 5. The van der Waals surface area contributed by atoms with E-state index in [2.05, 4.69) is 15.3 Å². The number of hydrogen-bond donors (Lipinski definition) is 2. The number of hydrogen-bond acceptors (Lipinski definition) is 10. The molecule has 0 radical (unpaired) electrons. The zero-order valence-electron chi connectivity index (χ0n) is 18.9. The summed E-state index contributed by atoms with van der Waals surface area (Å²) in [6, 6.07) is 1.67. The number of carboxylic acids is 1. The summed E-state index contributed by atoms with van der Waals surface area (Å²) in [5.41, 5.74) is 3.33. The van der Waals surface area contributed by atoms with Gasteiger partial charge in [-0.25, -0.2) is 15.0 Å². The molecule has 1 aliphatic carbocycles. The number of aromatic nitrogens is 4. The molecular weight excluding hydrogens is 462 g/mol. The first kappa shape index (κ1) is 22.5. The van der Waals surface area contributed by atoms with E-state index in [0.717, 1.165) is 32.2 Å². The number of carboxylic acid groups (broad SMARTS) is 1. The standard InChI is InChI=1S/C22H25N5O4S2/c1-9-14(19-26-15-10(2)23-7-6-13(15)33-19)18(27-21(24-9)32-5)25-12-8-11(20(28)29)16-17(12)31-22(3,4)30-16/h6-7,11-12,16-17H,8H2,1-5H3,(H,28,29)(H,24,25,27)/t11-,12+,16+,17-/m0/s1. The number of aryl methyl sites for hydroxylation is 2. The highest BCUT2D eigenvalue weighted by Crippen LogP contribution is 2.44. The fourth-order valence-electron chi connectivity index (χ4n) is 4.63. The van der Waals surface area contributed by atoms with Crippen LogP contribution >= 0.6 is 23.1 Å². The van der Waals surface area contributed by atoms with E-state index in [4.69, 9.17) is 19.4 Å². The number of fused-ring (bicyclic) bond motifs is 2.